The third-order valence-electron chi connectivity index (χ3n) is 3.18. The molecule has 1 saturated heterocycles. The van der Waals surface area contributed by atoms with Crippen LogP contribution in [0.5, 0.6) is 0 Å². The van der Waals surface area contributed by atoms with E-state index in [0.29, 0.717) is 5.57 Å². The highest BCUT2D eigenvalue weighted by atomic mass is 16.6. The first-order chi connectivity index (χ1) is 7.31. The van der Waals surface area contributed by atoms with Crippen molar-refractivity contribution in [2.24, 2.45) is 5.92 Å². The Bertz CT molecular complexity index is 462. The smallest absolute Gasteiger partial charge is 0.338 e. The molecule has 3 heteroatoms. The molecule has 1 heterocycles. The van der Waals surface area contributed by atoms with Crippen molar-refractivity contribution in [2.75, 3.05) is 0 Å². The van der Waals surface area contributed by atoms with Crippen molar-refractivity contribution in [1.29, 1.82) is 0 Å². The Morgan fingerprint density at radius 1 is 1.40 bits per heavy atom. The molecule has 1 aliphatic carbocycles. The van der Waals surface area contributed by atoms with Crippen molar-refractivity contribution in [1.82, 2.24) is 0 Å². The minimum absolute atomic E-state index is 0.0000926. The summed E-state index contributed by atoms with van der Waals surface area (Å²) in [5.41, 5.74) is 2.68. The zero-order chi connectivity index (χ0) is 10.4. The molecule has 1 N–H and O–H groups in total. The molecule has 3 rings (SSSR count). The first-order valence-corrected chi connectivity index (χ1v) is 4.94. The highest BCUT2D eigenvalue weighted by molar-refractivity contribution is 5.91. The molecule has 0 spiro atoms. The van der Waals surface area contributed by atoms with Crippen LogP contribution in [-0.2, 0) is 16.0 Å². The van der Waals surface area contributed by atoms with Crippen LogP contribution < -0.4 is 0 Å². The minimum Gasteiger partial charge on any atom is -0.515 e. The number of carbonyl (C=O) groups is 1. The molecule has 0 aromatic heterocycles. The summed E-state index contributed by atoms with van der Waals surface area (Å²) < 4.78 is 5.25. The Morgan fingerprint density at radius 3 is 3.00 bits per heavy atom. The predicted molar refractivity (Wildman–Crippen MR) is 53.2 cm³/mol. The fraction of sp³-hybridized carbons (Fsp3) is 0.250. The van der Waals surface area contributed by atoms with E-state index >= 15 is 0 Å². The third kappa shape index (κ3) is 1.03. The molecule has 0 saturated carbocycles. The van der Waals surface area contributed by atoms with E-state index < -0.39 is 0 Å². The molecule has 1 aromatic rings. The van der Waals surface area contributed by atoms with Crippen LogP contribution >= 0.6 is 0 Å². The van der Waals surface area contributed by atoms with Gasteiger partial charge < -0.3 is 9.84 Å². The molecule has 2 atom stereocenters. The van der Waals surface area contributed by atoms with E-state index in [2.05, 4.69) is 0 Å². The largest absolute Gasteiger partial charge is 0.515 e. The van der Waals surface area contributed by atoms with Crippen LogP contribution in [0.2, 0.25) is 0 Å². The molecule has 0 bridgehead atoms. The number of aliphatic hydroxyl groups excluding tert-OH is 1. The van der Waals surface area contributed by atoms with Gasteiger partial charge in [-0.25, -0.2) is 4.79 Å². The Morgan fingerprint density at radius 2 is 2.20 bits per heavy atom. The first-order valence-electron chi connectivity index (χ1n) is 4.94. The van der Waals surface area contributed by atoms with Crippen molar-refractivity contribution < 1.29 is 14.6 Å². The van der Waals surface area contributed by atoms with Gasteiger partial charge in [0.05, 0.1) is 11.8 Å². The topological polar surface area (TPSA) is 46.5 Å². The van der Waals surface area contributed by atoms with Crippen LogP contribution in [0, 0.1) is 5.92 Å². The van der Waals surface area contributed by atoms with Crippen LogP contribution in [0.25, 0.3) is 0 Å². The van der Waals surface area contributed by atoms with E-state index in [-0.39, 0.29) is 18.0 Å². The molecule has 1 fully saturated rings. The van der Waals surface area contributed by atoms with Gasteiger partial charge in [0.25, 0.3) is 0 Å². The van der Waals surface area contributed by atoms with Crippen LogP contribution in [0.3, 0.4) is 0 Å². The van der Waals surface area contributed by atoms with E-state index in [4.69, 9.17) is 9.84 Å². The van der Waals surface area contributed by atoms with Crippen molar-refractivity contribution >= 4 is 5.97 Å². The average molecular weight is 202 g/mol. The average Bonchev–Trinajstić information content (AvgIpc) is 2.72. The quantitative estimate of drug-likeness (QED) is 0.397. The Hall–Kier alpha value is -1.77. The normalized spacial score (nSPS) is 30.1. The monoisotopic (exact) mass is 202 g/mol. The number of fused-ring (bicyclic) bond motifs is 3. The number of benzene rings is 1. The minimum atomic E-state index is -0.387. The van der Waals surface area contributed by atoms with E-state index in [1.165, 1.54) is 5.56 Å². The molecular weight excluding hydrogens is 192 g/mol. The molecule has 76 valence electrons. The zero-order valence-electron chi connectivity index (χ0n) is 8.01. The van der Waals surface area contributed by atoms with Crippen LogP contribution in [0.15, 0.2) is 36.1 Å². The van der Waals surface area contributed by atoms with E-state index in [1.807, 2.05) is 24.3 Å². The van der Waals surface area contributed by atoms with E-state index in [9.17, 15) is 4.79 Å². The lowest BCUT2D eigenvalue weighted by molar-refractivity contribution is -0.139. The Kier molecular flexibility index (Phi) is 1.63. The molecule has 0 unspecified atom stereocenters. The third-order valence-corrected chi connectivity index (χ3v) is 3.18. The number of esters is 1. The van der Waals surface area contributed by atoms with Gasteiger partial charge in [-0.05, 0) is 17.5 Å². The predicted octanol–water partition coefficient (Wildman–Crippen LogP) is 1.90. The van der Waals surface area contributed by atoms with Gasteiger partial charge in [-0.15, -0.1) is 0 Å². The lowest BCUT2D eigenvalue weighted by Crippen LogP contribution is -2.03. The summed E-state index contributed by atoms with van der Waals surface area (Å²) in [5, 5.41) is 9.00. The van der Waals surface area contributed by atoms with Gasteiger partial charge in [-0.2, -0.15) is 0 Å². The second-order valence-corrected chi connectivity index (χ2v) is 3.92. The summed E-state index contributed by atoms with van der Waals surface area (Å²) in [6.45, 7) is 0. The summed E-state index contributed by atoms with van der Waals surface area (Å²) in [7, 11) is 0. The maximum atomic E-state index is 11.4. The van der Waals surface area contributed by atoms with Crippen LogP contribution in [0.1, 0.15) is 17.2 Å². The second kappa shape index (κ2) is 2.86. The Labute approximate surface area is 87.0 Å². The number of rotatable bonds is 0. The summed E-state index contributed by atoms with van der Waals surface area (Å²) in [6, 6.07) is 7.93. The van der Waals surface area contributed by atoms with Gasteiger partial charge >= 0.3 is 5.97 Å². The number of aliphatic hydroxyl groups is 1. The summed E-state index contributed by atoms with van der Waals surface area (Å²) in [4.78, 5) is 11.4. The van der Waals surface area contributed by atoms with Gasteiger partial charge in [0.2, 0.25) is 0 Å². The van der Waals surface area contributed by atoms with Crippen molar-refractivity contribution in [2.45, 2.75) is 12.5 Å². The number of carbonyl (C=O) groups excluding carboxylic acids is 1. The van der Waals surface area contributed by atoms with Gasteiger partial charge in [0.15, 0.2) is 0 Å². The molecular formula is C12H10O3. The van der Waals surface area contributed by atoms with Crippen molar-refractivity contribution in [3.8, 4) is 0 Å². The maximum Gasteiger partial charge on any atom is 0.338 e. The fourth-order valence-corrected chi connectivity index (χ4v) is 2.46. The zero-order valence-corrected chi connectivity index (χ0v) is 8.01. The first kappa shape index (κ1) is 8.53. The standard InChI is InChI=1S/C12H10O3/c13-6-10-9-5-7-3-1-2-4-8(7)11(9)15-12(10)14/h1-4,6,9,11,13H,5H2/b10-6+/t9-,11-/m0/s1. The van der Waals surface area contributed by atoms with E-state index in [1.54, 1.807) is 0 Å². The lowest BCUT2D eigenvalue weighted by Gasteiger charge is -2.07. The fourth-order valence-electron chi connectivity index (χ4n) is 2.46. The van der Waals surface area contributed by atoms with Crippen LogP contribution in [-0.4, -0.2) is 11.1 Å². The molecule has 1 aliphatic heterocycles. The van der Waals surface area contributed by atoms with Crippen molar-refractivity contribution in [3.63, 3.8) is 0 Å². The van der Waals surface area contributed by atoms with Crippen molar-refractivity contribution in [3.05, 3.63) is 47.2 Å². The van der Waals surface area contributed by atoms with Gasteiger partial charge in [-0.3, -0.25) is 0 Å². The van der Waals surface area contributed by atoms with Gasteiger partial charge in [-0.1, -0.05) is 24.3 Å². The van der Waals surface area contributed by atoms with Gasteiger partial charge in [0, 0.05) is 5.92 Å². The summed E-state index contributed by atoms with van der Waals surface area (Å²) >= 11 is 0. The molecule has 1 aromatic carbocycles. The molecule has 2 aliphatic rings. The van der Waals surface area contributed by atoms with Gasteiger partial charge in [0.1, 0.15) is 6.10 Å². The lowest BCUT2D eigenvalue weighted by atomic mass is 9.98. The number of hydrogen-bond donors (Lipinski definition) is 1. The van der Waals surface area contributed by atoms with E-state index in [0.717, 1.165) is 18.2 Å². The number of hydrogen-bond acceptors (Lipinski definition) is 3. The molecule has 0 amide bonds. The highest BCUT2D eigenvalue weighted by Crippen LogP contribution is 2.47. The molecule has 15 heavy (non-hydrogen) atoms. The highest BCUT2D eigenvalue weighted by Gasteiger charge is 2.45. The summed E-state index contributed by atoms with van der Waals surface area (Å²) in [5.74, 6) is -0.387. The number of ether oxygens (including phenoxy) is 1. The molecule has 3 nitrogen and oxygen atoms in total. The maximum absolute atomic E-state index is 11.4. The Balaban J connectivity index is 2.08. The molecule has 0 radical (unpaired) electrons. The second-order valence-electron chi connectivity index (χ2n) is 3.92. The SMILES string of the molecule is O=C1O[C@H]2c3ccccc3C[C@H]2/C1=C\O. The van der Waals surface area contributed by atoms with Crippen LogP contribution in [0.4, 0.5) is 0 Å². The summed E-state index contributed by atoms with van der Waals surface area (Å²) in [6.07, 6.45) is 1.48.